The fraction of sp³-hybridized carbons (Fsp3) is 0.375. The number of hydrogen-bond donors (Lipinski definition) is 0. The van der Waals surface area contributed by atoms with Gasteiger partial charge in [0.2, 0.25) is 0 Å². The molecule has 92 valence electrons. The van der Waals surface area contributed by atoms with E-state index in [9.17, 15) is 0 Å². The Kier molecular flexibility index (Phi) is 5.55. The van der Waals surface area contributed by atoms with Crippen molar-refractivity contribution in [1.82, 2.24) is 4.57 Å². The van der Waals surface area contributed by atoms with Crippen LogP contribution in [0.15, 0.2) is 37.0 Å². The average Bonchev–Trinajstić information content (AvgIpc) is 2.69. The molecule has 2 aromatic rings. The molecule has 1 aromatic heterocycles. The first-order chi connectivity index (χ1) is 8.24. The fourth-order valence-corrected chi connectivity index (χ4v) is 1.89. The van der Waals surface area contributed by atoms with Crippen LogP contribution >= 0.6 is 0 Å². The number of fused-ring (bicyclic) bond motifs is 1. The van der Waals surface area contributed by atoms with E-state index in [0.29, 0.717) is 0 Å². The topological polar surface area (TPSA) is 4.93 Å². The van der Waals surface area contributed by atoms with E-state index < -0.39 is 0 Å². The lowest BCUT2D eigenvalue weighted by atomic mass is 10.2. The normalized spacial score (nSPS) is 9.82. The van der Waals surface area contributed by atoms with Crippen LogP contribution in [0.1, 0.15) is 38.7 Å². The van der Waals surface area contributed by atoms with E-state index in [1.54, 1.807) is 0 Å². The van der Waals surface area contributed by atoms with Crippen LogP contribution in [0.25, 0.3) is 17.0 Å². The third-order valence-corrected chi connectivity index (χ3v) is 2.85. The molecule has 0 saturated heterocycles. The Morgan fingerprint density at radius 2 is 1.82 bits per heavy atom. The first-order valence-corrected chi connectivity index (χ1v) is 6.41. The minimum atomic E-state index is 1.20. The van der Waals surface area contributed by atoms with E-state index in [0.717, 1.165) is 0 Å². The largest absolute Gasteiger partial charge is 0.350 e. The Morgan fingerprint density at radius 1 is 1.18 bits per heavy atom. The molecule has 1 nitrogen and oxygen atoms in total. The van der Waals surface area contributed by atoms with Crippen molar-refractivity contribution in [3.63, 3.8) is 0 Å². The highest BCUT2D eigenvalue weighted by Gasteiger charge is 2.00. The number of aromatic nitrogens is 1. The predicted molar refractivity (Wildman–Crippen MR) is 78.2 cm³/mol. The molecular weight excluding hydrogens is 206 g/mol. The van der Waals surface area contributed by atoms with Crippen LogP contribution in [0.4, 0.5) is 0 Å². The predicted octanol–water partition coefficient (Wildman–Crippen LogP) is 5.02. The van der Waals surface area contributed by atoms with Crippen LogP contribution in [-0.4, -0.2) is 4.57 Å². The molecule has 0 N–H and O–H groups in total. The molecule has 0 atom stereocenters. The molecule has 0 aliphatic heterocycles. The second-order valence-electron chi connectivity index (χ2n) is 4.27. The molecule has 0 saturated carbocycles. The number of nitrogens with zero attached hydrogens (tertiary/aromatic N) is 1. The van der Waals surface area contributed by atoms with E-state index in [-0.39, 0.29) is 0 Å². The lowest BCUT2D eigenvalue weighted by Crippen LogP contribution is -1.81. The number of hydrogen-bond acceptors (Lipinski definition) is 0. The second kappa shape index (κ2) is 6.95. The summed E-state index contributed by atoms with van der Waals surface area (Å²) in [5, 5.41) is 1.27. The van der Waals surface area contributed by atoms with Gasteiger partial charge in [0.25, 0.3) is 0 Å². The summed E-state index contributed by atoms with van der Waals surface area (Å²) < 4.78 is 2.12. The molecular formula is C16H23N. The SMILES string of the molecule is C=Cc1cn(C)c2ccccc12.CCCCC. The highest BCUT2D eigenvalue weighted by atomic mass is 14.9. The zero-order valence-corrected chi connectivity index (χ0v) is 11.2. The van der Waals surface area contributed by atoms with Gasteiger partial charge in [0.05, 0.1) is 0 Å². The van der Waals surface area contributed by atoms with Gasteiger partial charge in [-0.15, -0.1) is 0 Å². The minimum absolute atomic E-state index is 1.20. The van der Waals surface area contributed by atoms with E-state index in [4.69, 9.17) is 0 Å². The van der Waals surface area contributed by atoms with Crippen molar-refractivity contribution >= 4 is 17.0 Å². The standard InChI is InChI=1S/C11H11N.C5H12/c1-3-9-8-12(2)11-7-5-4-6-10(9)11;1-3-5-4-2/h3-8H,1H2,2H3;3-5H2,1-2H3. The third kappa shape index (κ3) is 3.48. The maximum Gasteiger partial charge on any atom is 0.0483 e. The van der Waals surface area contributed by atoms with Crippen LogP contribution < -0.4 is 0 Å². The van der Waals surface area contributed by atoms with Crippen molar-refractivity contribution in [3.8, 4) is 0 Å². The summed E-state index contributed by atoms with van der Waals surface area (Å²) in [6, 6.07) is 8.33. The van der Waals surface area contributed by atoms with Gasteiger partial charge in [-0.05, 0) is 11.6 Å². The summed E-state index contributed by atoms with van der Waals surface area (Å²) in [4.78, 5) is 0. The van der Waals surface area contributed by atoms with Gasteiger partial charge in [0.15, 0.2) is 0 Å². The number of para-hydroxylation sites is 1. The lowest BCUT2D eigenvalue weighted by Gasteiger charge is -1.92. The van der Waals surface area contributed by atoms with Gasteiger partial charge < -0.3 is 4.57 Å². The third-order valence-electron chi connectivity index (χ3n) is 2.85. The molecule has 17 heavy (non-hydrogen) atoms. The van der Waals surface area contributed by atoms with Gasteiger partial charge in [0, 0.05) is 24.1 Å². The minimum Gasteiger partial charge on any atom is -0.350 e. The van der Waals surface area contributed by atoms with Crippen LogP contribution in [0.3, 0.4) is 0 Å². The molecule has 0 bridgehead atoms. The van der Waals surface area contributed by atoms with Crippen molar-refractivity contribution in [3.05, 3.63) is 42.6 Å². The summed E-state index contributed by atoms with van der Waals surface area (Å²) in [5.74, 6) is 0. The Morgan fingerprint density at radius 3 is 2.35 bits per heavy atom. The Balaban J connectivity index is 0.000000249. The summed E-state index contributed by atoms with van der Waals surface area (Å²) in [6.45, 7) is 8.20. The molecule has 1 heteroatoms. The van der Waals surface area contributed by atoms with Crippen LogP contribution in [0.2, 0.25) is 0 Å². The number of aryl methyl sites for hydroxylation is 1. The van der Waals surface area contributed by atoms with Crippen molar-refractivity contribution in [1.29, 1.82) is 0 Å². The van der Waals surface area contributed by atoms with Crippen molar-refractivity contribution in [2.45, 2.75) is 33.1 Å². The average molecular weight is 229 g/mol. The first-order valence-electron chi connectivity index (χ1n) is 6.41. The maximum absolute atomic E-state index is 3.78. The number of benzene rings is 1. The van der Waals surface area contributed by atoms with Gasteiger partial charge in [-0.2, -0.15) is 0 Å². The summed E-state index contributed by atoms with van der Waals surface area (Å²) in [7, 11) is 2.05. The maximum atomic E-state index is 3.78. The molecule has 0 unspecified atom stereocenters. The summed E-state index contributed by atoms with van der Waals surface area (Å²) >= 11 is 0. The molecule has 0 amide bonds. The second-order valence-corrected chi connectivity index (χ2v) is 4.27. The summed E-state index contributed by atoms with van der Waals surface area (Å²) in [5.41, 5.74) is 2.46. The Labute approximate surface area is 105 Å². The fourth-order valence-electron chi connectivity index (χ4n) is 1.89. The highest BCUT2D eigenvalue weighted by molar-refractivity contribution is 5.89. The monoisotopic (exact) mass is 229 g/mol. The zero-order valence-electron chi connectivity index (χ0n) is 11.2. The van der Waals surface area contributed by atoms with E-state index in [2.05, 4.69) is 62.5 Å². The molecule has 0 aliphatic rings. The zero-order chi connectivity index (χ0) is 12.7. The van der Waals surface area contributed by atoms with E-state index >= 15 is 0 Å². The molecule has 2 rings (SSSR count). The molecule has 0 fully saturated rings. The molecule has 1 heterocycles. The van der Waals surface area contributed by atoms with Crippen molar-refractivity contribution < 1.29 is 0 Å². The van der Waals surface area contributed by atoms with Gasteiger partial charge in [-0.3, -0.25) is 0 Å². The Bertz CT molecular complexity index is 463. The quantitative estimate of drug-likeness (QED) is 0.696. The van der Waals surface area contributed by atoms with Gasteiger partial charge in [-0.1, -0.05) is 64.0 Å². The van der Waals surface area contributed by atoms with E-state index in [1.807, 2.05) is 6.08 Å². The smallest absolute Gasteiger partial charge is 0.0483 e. The molecule has 0 spiro atoms. The lowest BCUT2D eigenvalue weighted by molar-refractivity contribution is 0.772. The molecule has 0 aliphatic carbocycles. The molecule has 1 aromatic carbocycles. The Hall–Kier alpha value is -1.50. The van der Waals surface area contributed by atoms with Crippen LogP contribution in [-0.2, 0) is 7.05 Å². The van der Waals surface area contributed by atoms with Crippen LogP contribution in [0, 0.1) is 0 Å². The van der Waals surface area contributed by atoms with E-state index in [1.165, 1.54) is 35.7 Å². The van der Waals surface area contributed by atoms with Gasteiger partial charge in [-0.25, -0.2) is 0 Å². The van der Waals surface area contributed by atoms with Gasteiger partial charge in [0.1, 0.15) is 0 Å². The van der Waals surface area contributed by atoms with Crippen molar-refractivity contribution in [2.75, 3.05) is 0 Å². The number of rotatable bonds is 3. The summed E-state index contributed by atoms with van der Waals surface area (Å²) in [6.07, 6.45) is 8.06. The van der Waals surface area contributed by atoms with Crippen molar-refractivity contribution in [2.24, 2.45) is 7.05 Å². The number of unbranched alkanes of at least 4 members (excludes halogenated alkanes) is 2. The highest BCUT2D eigenvalue weighted by Crippen LogP contribution is 2.20. The molecule has 0 radical (unpaired) electrons. The first kappa shape index (κ1) is 13.6. The van der Waals surface area contributed by atoms with Gasteiger partial charge >= 0.3 is 0 Å². The van der Waals surface area contributed by atoms with Crippen LogP contribution in [0.5, 0.6) is 0 Å².